The Morgan fingerprint density at radius 1 is 1.03 bits per heavy atom. The largest absolute Gasteiger partial charge is 0.355 e. The van der Waals surface area contributed by atoms with Gasteiger partial charge < -0.3 is 10.2 Å². The number of nitrogens with one attached hydrogen (secondary N) is 1. The van der Waals surface area contributed by atoms with Gasteiger partial charge >= 0.3 is 0 Å². The zero-order chi connectivity index (χ0) is 21.4. The van der Waals surface area contributed by atoms with Crippen molar-refractivity contribution in [1.29, 1.82) is 0 Å². The van der Waals surface area contributed by atoms with Gasteiger partial charge in [-0.15, -0.1) is 0 Å². The van der Waals surface area contributed by atoms with E-state index in [1.54, 1.807) is 23.1 Å². The van der Waals surface area contributed by atoms with Gasteiger partial charge in [0.05, 0.1) is 0 Å². The second-order valence-electron chi connectivity index (χ2n) is 7.03. The van der Waals surface area contributed by atoms with Gasteiger partial charge in [-0.25, -0.2) is 0 Å². The minimum atomic E-state index is -0.576. The molecule has 29 heavy (non-hydrogen) atoms. The van der Waals surface area contributed by atoms with Crippen LogP contribution in [0.15, 0.2) is 42.5 Å². The molecule has 0 saturated heterocycles. The van der Waals surface area contributed by atoms with Crippen molar-refractivity contribution < 1.29 is 9.59 Å². The molecule has 0 aromatic heterocycles. The van der Waals surface area contributed by atoms with Crippen LogP contribution in [-0.4, -0.2) is 29.3 Å². The topological polar surface area (TPSA) is 49.4 Å². The average Bonchev–Trinajstić information content (AvgIpc) is 2.69. The van der Waals surface area contributed by atoms with Crippen molar-refractivity contribution in [2.45, 2.75) is 52.6 Å². The summed E-state index contributed by atoms with van der Waals surface area (Å²) in [6, 6.07) is 12.8. The Hall–Kier alpha value is -2.04. The molecule has 0 aliphatic rings. The van der Waals surface area contributed by atoms with Crippen molar-refractivity contribution in [3.05, 3.63) is 69.2 Å². The molecule has 2 aromatic carbocycles. The highest BCUT2D eigenvalue weighted by molar-refractivity contribution is 6.36. The van der Waals surface area contributed by atoms with Crippen molar-refractivity contribution in [3.63, 3.8) is 0 Å². The summed E-state index contributed by atoms with van der Waals surface area (Å²) in [5.41, 5.74) is 2.92. The predicted molar refractivity (Wildman–Crippen MR) is 119 cm³/mol. The maximum Gasteiger partial charge on any atom is 0.242 e. The molecule has 0 radical (unpaired) electrons. The van der Waals surface area contributed by atoms with E-state index in [9.17, 15) is 9.59 Å². The molecule has 0 fully saturated rings. The minimum absolute atomic E-state index is 0.0975. The fourth-order valence-corrected chi connectivity index (χ4v) is 3.73. The van der Waals surface area contributed by atoms with Crippen LogP contribution in [0.2, 0.25) is 10.0 Å². The van der Waals surface area contributed by atoms with Crippen LogP contribution in [0, 0.1) is 6.92 Å². The lowest BCUT2D eigenvalue weighted by atomic mass is 10.0. The summed E-state index contributed by atoms with van der Waals surface area (Å²) in [7, 11) is 0. The van der Waals surface area contributed by atoms with Gasteiger partial charge in [-0.05, 0) is 44.4 Å². The van der Waals surface area contributed by atoms with Gasteiger partial charge in [0.1, 0.15) is 6.04 Å². The van der Waals surface area contributed by atoms with Crippen molar-refractivity contribution in [1.82, 2.24) is 10.2 Å². The smallest absolute Gasteiger partial charge is 0.242 e. The molecule has 0 aliphatic carbocycles. The normalized spacial score (nSPS) is 11.8. The van der Waals surface area contributed by atoms with Crippen molar-refractivity contribution in [3.8, 4) is 0 Å². The van der Waals surface area contributed by atoms with E-state index < -0.39 is 6.04 Å². The van der Waals surface area contributed by atoms with Gasteiger partial charge in [0.25, 0.3) is 0 Å². The van der Waals surface area contributed by atoms with Crippen LogP contribution in [0.25, 0.3) is 0 Å². The molecule has 0 saturated carbocycles. The van der Waals surface area contributed by atoms with E-state index in [1.165, 1.54) is 5.56 Å². The van der Waals surface area contributed by atoms with Gasteiger partial charge in [-0.2, -0.15) is 0 Å². The maximum absolute atomic E-state index is 13.2. The number of benzene rings is 2. The summed E-state index contributed by atoms with van der Waals surface area (Å²) >= 11 is 12.7. The van der Waals surface area contributed by atoms with Crippen LogP contribution in [0.1, 0.15) is 43.4 Å². The highest BCUT2D eigenvalue weighted by Crippen LogP contribution is 2.27. The van der Waals surface area contributed by atoms with E-state index in [-0.39, 0.29) is 18.4 Å². The summed E-state index contributed by atoms with van der Waals surface area (Å²) in [5, 5.41) is 3.80. The molecule has 4 nitrogen and oxygen atoms in total. The van der Waals surface area contributed by atoms with Crippen LogP contribution >= 0.6 is 23.2 Å². The highest BCUT2D eigenvalue weighted by Gasteiger charge is 2.29. The summed E-state index contributed by atoms with van der Waals surface area (Å²) in [4.78, 5) is 27.4. The summed E-state index contributed by atoms with van der Waals surface area (Å²) in [6.07, 6.45) is 1.42. The summed E-state index contributed by atoms with van der Waals surface area (Å²) in [6.45, 7) is 6.49. The Morgan fingerprint density at radius 3 is 2.21 bits per heavy atom. The molecule has 0 bridgehead atoms. The van der Waals surface area contributed by atoms with E-state index >= 15 is 0 Å². The second kappa shape index (κ2) is 11.2. The number of likely N-dealkylation sites (N-methyl/N-ethyl adjacent to an activating group) is 1. The molecule has 156 valence electrons. The molecule has 0 unspecified atom stereocenters. The first-order valence-corrected chi connectivity index (χ1v) is 10.7. The number of carbonyl (C=O) groups excluding carboxylic acids is 2. The number of aryl methyl sites for hydroxylation is 2. The average molecular weight is 435 g/mol. The molecule has 1 atom stereocenters. The van der Waals surface area contributed by atoms with Crippen molar-refractivity contribution in [2.75, 3.05) is 6.54 Å². The number of halogens is 2. The quantitative estimate of drug-likeness (QED) is 0.590. The summed E-state index contributed by atoms with van der Waals surface area (Å²) < 4.78 is 0. The molecule has 1 N–H and O–H groups in total. The van der Waals surface area contributed by atoms with E-state index in [0.717, 1.165) is 5.56 Å². The van der Waals surface area contributed by atoms with Crippen LogP contribution < -0.4 is 5.32 Å². The Morgan fingerprint density at radius 2 is 1.66 bits per heavy atom. The van der Waals surface area contributed by atoms with Crippen LogP contribution in [0.3, 0.4) is 0 Å². The summed E-state index contributed by atoms with van der Waals surface area (Å²) in [5.74, 6) is -0.262. The third-order valence-corrected chi connectivity index (χ3v) is 5.58. The Bertz CT molecular complexity index is 817. The first-order valence-electron chi connectivity index (χ1n) is 9.92. The minimum Gasteiger partial charge on any atom is -0.355 e. The molecule has 2 amide bonds. The highest BCUT2D eigenvalue weighted by atomic mass is 35.5. The fourth-order valence-electron chi connectivity index (χ4n) is 3.21. The Balaban J connectivity index is 2.25. The van der Waals surface area contributed by atoms with Crippen molar-refractivity contribution >= 4 is 35.0 Å². The van der Waals surface area contributed by atoms with E-state index in [4.69, 9.17) is 23.2 Å². The first-order chi connectivity index (χ1) is 13.9. The maximum atomic E-state index is 13.2. The number of hydrogen-bond acceptors (Lipinski definition) is 2. The number of hydrogen-bond donors (Lipinski definition) is 1. The number of rotatable bonds is 9. The lowest BCUT2D eigenvalue weighted by molar-refractivity contribution is -0.141. The molecule has 6 heteroatoms. The molecule has 2 aromatic rings. The van der Waals surface area contributed by atoms with Gasteiger partial charge in [0.15, 0.2) is 0 Å². The van der Waals surface area contributed by atoms with Gasteiger partial charge in [-0.3, -0.25) is 9.59 Å². The molecular formula is C23H28Cl2N2O2. The van der Waals surface area contributed by atoms with E-state index in [0.29, 0.717) is 41.4 Å². The lowest BCUT2D eigenvalue weighted by Crippen LogP contribution is -2.49. The van der Waals surface area contributed by atoms with Crippen molar-refractivity contribution in [2.24, 2.45) is 0 Å². The molecule has 0 aliphatic heterocycles. The van der Waals surface area contributed by atoms with Gasteiger partial charge in [0.2, 0.25) is 11.8 Å². The number of carbonyl (C=O) groups is 2. The molecule has 0 heterocycles. The standard InChI is InChI=1S/C23H28Cl2N2O2/c1-4-21(23(29)26-5-2)27(15-18-19(24)7-6-8-20(18)25)22(28)14-13-17-11-9-16(3)10-12-17/h6-12,21H,4-5,13-15H2,1-3H3,(H,26,29)/t21-/m0/s1. The zero-order valence-electron chi connectivity index (χ0n) is 17.2. The lowest BCUT2D eigenvalue weighted by Gasteiger charge is -2.31. The van der Waals surface area contributed by atoms with E-state index in [1.807, 2.05) is 45.0 Å². The second-order valence-corrected chi connectivity index (χ2v) is 7.84. The van der Waals surface area contributed by atoms with Crippen LogP contribution in [0.4, 0.5) is 0 Å². The monoisotopic (exact) mass is 434 g/mol. The Kier molecular flexibility index (Phi) is 8.99. The third kappa shape index (κ3) is 6.48. The fraction of sp³-hybridized carbons (Fsp3) is 0.391. The number of amides is 2. The first kappa shape index (κ1) is 23.2. The van der Waals surface area contributed by atoms with Crippen LogP contribution in [-0.2, 0) is 22.6 Å². The predicted octanol–water partition coefficient (Wildman–Crippen LogP) is 5.18. The molecule has 0 spiro atoms. The Labute approximate surface area is 183 Å². The van der Waals surface area contributed by atoms with Gasteiger partial charge in [0, 0.05) is 35.1 Å². The molecule has 2 rings (SSSR count). The number of nitrogens with zero attached hydrogens (tertiary/aromatic N) is 1. The van der Waals surface area contributed by atoms with Crippen LogP contribution in [0.5, 0.6) is 0 Å². The van der Waals surface area contributed by atoms with Gasteiger partial charge in [-0.1, -0.05) is 66.0 Å². The molecular weight excluding hydrogens is 407 g/mol. The third-order valence-electron chi connectivity index (χ3n) is 4.88. The zero-order valence-corrected chi connectivity index (χ0v) is 18.7. The SMILES string of the molecule is CCNC(=O)[C@H](CC)N(Cc1c(Cl)cccc1Cl)C(=O)CCc1ccc(C)cc1. The van der Waals surface area contributed by atoms with E-state index in [2.05, 4.69) is 5.32 Å².